The second-order valence-electron chi connectivity index (χ2n) is 5.52. The molecule has 19 heavy (non-hydrogen) atoms. The lowest BCUT2D eigenvalue weighted by molar-refractivity contribution is 0.243. The second-order valence-corrected chi connectivity index (χ2v) is 5.93. The molecular weight excluding hydrogens is 263 g/mol. The Morgan fingerprint density at radius 3 is 2.47 bits per heavy atom. The fraction of sp³-hybridized carbons (Fsp3) is 0.600. The lowest BCUT2D eigenvalue weighted by atomic mass is 10.0. The molecule has 0 radical (unpaired) electrons. The van der Waals surface area contributed by atoms with Gasteiger partial charge in [-0.15, -0.1) is 0 Å². The Balaban J connectivity index is 2.63. The molecule has 2 atom stereocenters. The smallest absolute Gasteiger partial charge is 0.124 e. The van der Waals surface area contributed by atoms with Crippen LogP contribution in [0.4, 0.5) is 4.39 Å². The highest BCUT2D eigenvalue weighted by atomic mass is 35.5. The fourth-order valence-corrected chi connectivity index (χ4v) is 2.28. The molecular formula is C15H24ClFN2. The van der Waals surface area contributed by atoms with E-state index < -0.39 is 0 Å². The van der Waals surface area contributed by atoms with Gasteiger partial charge in [0.05, 0.1) is 0 Å². The van der Waals surface area contributed by atoms with Crippen LogP contribution >= 0.6 is 11.6 Å². The summed E-state index contributed by atoms with van der Waals surface area (Å²) < 4.78 is 13.0. The van der Waals surface area contributed by atoms with E-state index in [1.54, 1.807) is 6.07 Å². The summed E-state index contributed by atoms with van der Waals surface area (Å²) in [6, 6.07) is 4.92. The van der Waals surface area contributed by atoms with Gasteiger partial charge in [0.25, 0.3) is 0 Å². The van der Waals surface area contributed by atoms with E-state index in [0.717, 1.165) is 18.5 Å². The van der Waals surface area contributed by atoms with Crippen LogP contribution in [0.3, 0.4) is 0 Å². The van der Waals surface area contributed by atoms with Crippen molar-refractivity contribution in [2.24, 2.45) is 11.7 Å². The summed E-state index contributed by atoms with van der Waals surface area (Å²) in [5, 5.41) is 0.479. The lowest BCUT2D eigenvalue weighted by Crippen LogP contribution is -2.33. The van der Waals surface area contributed by atoms with Gasteiger partial charge >= 0.3 is 0 Å². The quantitative estimate of drug-likeness (QED) is 0.861. The lowest BCUT2D eigenvalue weighted by Gasteiger charge is -2.27. The molecule has 0 saturated carbocycles. The highest BCUT2D eigenvalue weighted by Gasteiger charge is 2.16. The number of nitrogens with two attached hydrogens (primary N) is 1. The van der Waals surface area contributed by atoms with Gasteiger partial charge in [0.2, 0.25) is 0 Å². The van der Waals surface area contributed by atoms with E-state index in [2.05, 4.69) is 25.7 Å². The summed E-state index contributed by atoms with van der Waals surface area (Å²) in [7, 11) is 2.04. The third-order valence-electron chi connectivity index (χ3n) is 3.75. The Kier molecular flexibility index (Phi) is 6.24. The summed E-state index contributed by atoms with van der Waals surface area (Å²) in [5.41, 5.74) is 7.00. The van der Waals surface area contributed by atoms with E-state index in [1.165, 1.54) is 12.1 Å². The predicted octanol–water partition coefficient (Wildman–Crippen LogP) is 3.85. The van der Waals surface area contributed by atoms with Gasteiger partial charge in [0, 0.05) is 17.1 Å². The van der Waals surface area contributed by atoms with E-state index in [1.807, 2.05) is 7.05 Å². The molecule has 0 aliphatic rings. The second kappa shape index (κ2) is 7.22. The summed E-state index contributed by atoms with van der Waals surface area (Å²) in [4.78, 5) is 2.20. The zero-order chi connectivity index (χ0) is 14.6. The molecule has 2 unspecified atom stereocenters. The molecule has 4 heteroatoms. The van der Waals surface area contributed by atoms with E-state index >= 15 is 0 Å². The standard InChI is InChI=1S/C15H24ClFN2/c1-10(2)15(18)7-8-19(4)11(3)13-6-5-12(17)9-14(13)16/h5-6,9-11,15H,7-8,18H2,1-4H3. The van der Waals surface area contributed by atoms with E-state index in [9.17, 15) is 4.39 Å². The first kappa shape index (κ1) is 16.4. The average Bonchev–Trinajstić information content (AvgIpc) is 2.34. The Bertz CT molecular complexity index is 409. The number of rotatable bonds is 6. The fourth-order valence-electron chi connectivity index (χ4n) is 1.96. The van der Waals surface area contributed by atoms with Gasteiger partial charge in [0.15, 0.2) is 0 Å². The molecule has 2 nitrogen and oxygen atoms in total. The molecule has 0 aliphatic heterocycles. The van der Waals surface area contributed by atoms with Gasteiger partial charge < -0.3 is 5.73 Å². The molecule has 0 amide bonds. The minimum atomic E-state index is -0.301. The molecule has 0 aromatic heterocycles. The third kappa shape index (κ3) is 4.75. The molecule has 1 aromatic carbocycles. The minimum absolute atomic E-state index is 0.146. The monoisotopic (exact) mass is 286 g/mol. The van der Waals surface area contributed by atoms with Crippen molar-refractivity contribution >= 4 is 11.6 Å². The van der Waals surface area contributed by atoms with Gasteiger partial charge in [-0.3, -0.25) is 4.90 Å². The number of halogens is 2. The van der Waals surface area contributed by atoms with Gasteiger partial charge in [-0.05, 0) is 50.6 Å². The first-order chi connectivity index (χ1) is 8.82. The zero-order valence-electron chi connectivity index (χ0n) is 12.2. The van der Waals surface area contributed by atoms with Crippen molar-refractivity contribution in [2.45, 2.75) is 39.3 Å². The van der Waals surface area contributed by atoms with Crippen molar-refractivity contribution in [2.75, 3.05) is 13.6 Å². The SMILES string of the molecule is CC(C)C(N)CCN(C)C(C)c1ccc(F)cc1Cl. The molecule has 0 spiro atoms. The van der Waals surface area contributed by atoms with Gasteiger partial charge in [-0.25, -0.2) is 4.39 Å². The maximum absolute atomic E-state index is 13.0. The minimum Gasteiger partial charge on any atom is -0.327 e. The van der Waals surface area contributed by atoms with E-state index in [0.29, 0.717) is 10.9 Å². The zero-order valence-corrected chi connectivity index (χ0v) is 12.9. The van der Waals surface area contributed by atoms with Crippen LogP contribution in [0, 0.1) is 11.7 Å². The Morgan fingerprint density at radius 1 is 1.32 bits per heavy atom. The summed E-state index contributed by atoms with van der Waals surface area (Å²) in [6.45, 7) is 7.23. The van der Waals surface area contributed by atoms with Crippen molar-refractivity contribution in [3.63, 3.8) is 0 Å². The average molecular weight is 287 g/mol. The van der Waals surface area contributed by atoms with Crippen LogP contribution in [0.2, 0.25) is 5.02 Å². The van der Waals surface area contributed by atoms with E-state index in [4.69, 9.17) is 17.3 Å². The molecule has 1 rings (SSSR count). The van der Waals surface area contributed by atoms with Crippen LogP contribution in [-0.2, 0) is 0 Å². The van der Waals surface area contributed by atoms with Crippen LogP contribution in [0.5, 0.6) is 0 Å². The molecule has 0 heterocycles. The largest absolute Gasteiger partial charge is 0.327 e. The molecule has 1 aromatic rings. The van der Waals surface area contributed by atoms with Crippen LogP contribution in [0.1, 0.15) is 38.8 Å². The van der Waals surface area contributed by atoms with Crippen LogP contribution in [0.25, 0.3) is 0 Å². The van der Waals surface area contributed by atoms with Crippen LogP contribution < -0.4 is 5.73 Å². The highest BCUT2D eigenvalue weighted by molar-refractivity contribution is 6.31. The first-order valence-electron chi connectivity index (χ1n) is 6.73. The van der Waals surface area contributed by atoms with E-state index in [-0.39, 0.29) is 17.9 Å². The molecule has 0 aliphatic carbocycles. The number of hydrogen-bond donors (Lipinski definition) is 1. The number of hydrogen-bond acceptors (Lipinski definition) is 2. The topological polar surface area (TPSA) is 29.3 Å². The van der Waals surface area contributed by atoms with Gasteiger partial charge in [-0.2, -0.15) is 0 Å². The highest BCUT2D eigenvalue weighted by Crippen LogP contribution is 2.27. The van der Waals surface area contributed by atoms with Crippen molar-refractivity contribution in [3.8, 4) is 0 Å². The van der Waals surface area contributed by atoms with Crippen molar-refractivity contribution in [1.82, 2.24) is 4.90 Å². The maximum Gasteiger partial charge on any atom is 0.124 e. The number of benzene rings is 1. The molecule has 108 valence electrons. The molecule has 2 N–H and O–H groups in total. The number of nitrogens with zero attached hydrogens (tertiary/aromatic N) is 1. The molecule has 0 saturated heterocycles. The summed E-state index contributed by atoms with van der Waals surface area (Å²) >= 11 is 6.09. The summed E-state index contributed by atoms with van der Waals surface area (Å²) in [5.74, 6) is 0.184. The van der Waals surface area contributed by atoms with Crippen molar-refractivity contribution in [1.29, 1.82) is 0 Å². The predicted molar refractivity (Wildman–Crippen MR) is 79.9 cm³/mol. The Morgan fingerprint density at radius 2 is 1.95 bits per heavy atom. The van der Waals surface area contributed by atoms with Gasteiger partial charge in [-0.1, -0.05) is 31.5 Å². The van der Waals surface area contributed by atoms with Gasteiger partial charge in [0.1, 0.15) is 5.82 Å². The Labute approximate surface area is 120 Å². The van der Waals surface area contributed by atoms with Crippen LogP contribution in [0.15, 0.2) is 18.2 Å². The summed E-state index contributed by atoms with van der Waals surface area (Å²) in [6.07, 6.45) is 0.942. The maximum atomic E-state index is 13.0. The van der Waals surface area contributed by atoms with Crippen LogP contribution in [-0.4, -0.2) is 24.5 Å². The van der Waals surface area contributed by atoms with Crippen molar-refractivity contribution in [3.05, 3.63) is 34.6 Å². The normalized spacial score (nSPS) is 15.0. The Hall–Kier alpha value is -0.640. The first-order valence-corrected chi connectivity index (χ1v) is 7.11. The third-order valence-corrected chi connectivity index (χ3v) is 4.07. The van der Waals surface area contributed by atoms with Crippen molar-refractivity contribution < 1.29 is 4.39 Å². The molecule has 0 bridgehead atoms. The molecule has 0 fully saturated rings.